The number of amides is 2. The zero-order valence-electron chi connectivity index (χ0n) is 18.8. The first-order valence-electron chi connectivity index (χ1n) is 11.2. The van der Waals surface area contributed by atoms with E-state index in [-0.39, 0.29) is 34.9 Å². The zero-order chi connectivity index (χ0) is 23.6. The summed E-state index contributed by atoms with van der Waals surface area (Å²) in [6.45, 7) is 2.82. The molecule has 2 aliphatic rings. The minimum absolute atomic E-state index is 0.0313. The smallest absolute Gasteiger partial charge is 0.246 e. The van der Waals surface area contributed by atoms with Crippen LogP contribution in [0.2, 0.25) is 0 Å². The third-order valence-corrected chi connectivity index (χ3v) is 6.93. The molecule has 1 aliphatic carbocycles. The van der Waals surface area contributed by atoms with Gasteiger partial charge < -0.3 is 15.0 Å². The summed E-state index contributed by atoms with van der Waals surface area (Å²) in [6, 6.07) is 11.7. The Morgan fingerprint density at radius 1 is 1.15 bits per heavy atom. The van der Waals surface area contributed by atoms with Gasteiger partial charge in [-0.25, -0.2) is 8.78 Å². The normalized spacial score (nSPS) is 21.4. The van der Waals surface area contributed by atoms with Crippen LogP contribution >= 0.6 is 0 Å². The number of benzene rings is 2. The molecule has 0 aromatic heterocycles. The van der Waals surface area contributed by atoms with Crippen molar-refractivity contribution in [3.63, 3.8) is 0 Å². The standard InChI is InChI=1S/C26H28F2N2O3/c1-3-21(31)29-24-18-8-4-5-9-19(18)26(25(24)33-2)13-15-30(16-14-26)22(32)12-11-17-7-6-10-20(27)23(17)28/h4-12,24-25H,3,13-16H2,1-2H3,(H,29,31)/t24-,25+/m1/s1. The highest BCUT2D eigenvalue weighted by molar-refractivity contribution is 5.92. The summed E-state index contributed by atoms with van der Waals surface area (Å²) in [5.41, 5.74) is 1.94. The molecular weight excluding hydrogens is 426 g/mol. The molecule has 0 bridgehead atoms. The highest BCUT2D eigenvalue weighted by atomic mass is 19.2. The fourth-order valence-corrected chi connectivity index (χ4v) is 5.24. The largest absolute Gasteiger partial charge is 0.378 e. The molecule has 2 aromatic carbocycles. The topological polar surface area (TPSA) is 58.6 Å². The van der Waals surface area contributed by atoms with Crippen molar-refractivity contribution in [3.05, 3.63) is 76.9 Å². The number of rotatable bonds is 5. The first kappa shape index (κ1) is 23.1. The lowest BCUT2D eigenvalue weighted by atomic mass is 9.72. The van der Waals surface area contributed by atoms with Gasteiger partial charge in [-0.05, 0) is 36.1 Å². The van der Waals surface area contributed by atoms with Gasteiger partial charge in [-0.1, -0.05) is 43.3 Å². The van der Waals surface area contributed by atoms with Crippen LogP contribution in [0.15, 0.2) is 48.5 Å². The minimum Gasteiger partial charge on any atom is -0.378 e. The molecule has 1 aliphatic heterocycles. The molecule has 2 atom stereocenters. The van der Waals surface area contributed by atoms with E-state index < -0.39 is 11.6 Å². The third kappa shape index (κ3) is 4.17. The number of nitrogens with zero attached hydrogens (tertiary/aromatic N) is 1. The average molecular weight is 455 g/mol. The van der Waals surface area contributed by atoms with Gasteiger partial charge in [0, 0.05) is 43.7 Å². The number of piperidine rings is 1. The first-order chi connectivity index (χ1) is 15.9. The van der Waals surface area contributed by atoms with Crippen molar-refractivity contribution in [1.29, 1.82) is 0 Å². The van der Waals surface area contributed by atoms with Crippen LogP contribution in [0.3, 0.4) is 0 Å². The number of ether oxygens (including phenoxy) is 1. The molecule has 174 valence electrons. The molecule has 7 heteroatoms. The fraction of sp³-hybridized carbons (Fsp3) is 0.385. The summed E-state index contributed by atoms with van der Waals surface area (Å²) >= 11 is 0. The van der Waals surface area contributed by atoms with E-state index in [1.807, 2.05) is 25.1 Å². The van der Waals surface area contributed by atoms with Gasteiger partial charge in [-0.2, -0.15) is 0 Å². The van der Waals surface area contributed by atoms with Gasteiger partial charge in [-0.3, -0.25) is 9.59 Å². The Labute approximate surface area is 192 Å². The van der Waals surface area contributed by atoms with Gasteiger partial charge >= 0.3 is 0 Å². The quantitative estimate of drug-likeness (QED) is 0.691. The van der Waals surface area contributed by atoms with Crippen LogP contribution in [0.4, 0.5) is 8.78 Å². The molecule has 1 fully saturated rings. The van der Waals surface area contributed by atoms with Crippen molar-refractivity contribution in [2.24, 2.45) is 0 Å². The van der Waals surface area contributed by atoms with Gasteiger partial charge in [0.05, 0.1) is 12.1 Å². The Bertz CT molecular complexity index is 1080. The second-order valence-electron chi connectivity index (χ2n) is 8.60. The molecule has 1 heterocycles. The third-order valence-electron chi connectivity index (χ3n) is 6.93. The van der Waals surface area contributed by atoms with Crippen molar-refractivity contribution in [1.82, 2.24) is 10.2 Å². The fourth-order valence-electron chi connectivity index (χ4n) is 5.24. The molecule has 0 radical (unpaired) electrons. The van der Waals surface area contributed by atoms with Crippen molar-refractivity contribution < 1.29 is 23.1 Å². The maximum atomic E-state index is 13.9. The summed E-state index contributed by atoms with van der Waals surface area (Å²) < 4.78 is 33.2. The molecule has 33 heavy (non-hydrogen) atoms. The van der Waals surface area contributed by atoms with Crippen LogP contribution in [-0.2, 0) is 19.7 Å². The molecule has 0 saturated carbocycles. The van der Waals surface area contributed by atoms with Crippen molar-refractivity contribution in [2.45, 2.75) is 43.7 Å². The van der Waals surface area contributed by atoms with E-state index in [0.717, 1.165) is 17.2 Å². The number of hydrogen-bond donors (Lipinski definition) is 1. The predicted octanol–water partition coefficient (Wildman–Crippen LogP) is 4.13. The maximum absolute atomic E-state index is 13.9. The van der Waals surface area contributed by atoms with Crippen LogP contribution in [0.1, 0.15) is 48.9 Å². The molecule has 1 N–H and O–H groups in total. The summed E-state index contributed by atoms with van der Waals surface area (Å²) in [6.07, 6.45) is 4.10. The van der Waals surface area contributed by atoms with Crippen LogP contribution in [-0.4, -0.2) is 43.0 Å². The van der Waals surface area contributed by atoms with Crippen LogP contribution < -0.4 is 5.32 Å². The van der Waals surface area contributed by atoms with Gasteiger partial charge in [-0.15, -0.1) is 0 Å². The molecule has 2 amide bonds. The van der Waals surface area contributed by atoms with Gasteiger partial charge in [0.15, 0.2) is 11.6 Å². The minimum atomic E-state index is -0.968. The van der Waals surface area contributed by atoms with E-state index in [1.165, 1.54) is 24.3 Å². The zero-order valence-corrected chi connectivity index (χ0v) is 18.8. The number of methoxy groups -OCH3 is 1. The molecular formula is C26H28F2N2O3. The van der Waals surface area contributed by atoms with E-state index in [2.05, 4.69) is 11.4 Å². The molecule has 1 saturated heterocycles. The van der Waals surface area contributed by atoms with Crippen LogP contribution in [0, 0.1) is 11.6 Å². The molecule has 2 aromatic rings. The lowest BCUT2D eigenvalue weighted by Crippen LogP contribution is -2.51. The summed E-state index contributed by atoms with van der Waals surface area (Å²) in [7, 11) is 1.66. The number of hydrogen-bond acceptors (Lipinski definition) is 3. The van der Waals surface area contributed by atoms with E-state index in [1.54, 1.807) is 12.0 Å². The van der Waals surface area contributed by atoms with Crippen LogP contribution in [0.25, 0.3) is 6.08 Å². The SMILES string of the molecule is CCC(=O)N[C@@H]1c2ccccc2C2(CCN(C(=O)C=Cc3cccc(F)c3F)CC2)[C@H]1OC. The van der Waals surface area contributed by atoms with Crippen molar-refractivity contribution in [3.8, 4) is 0 Å². The molecule has 5 nitrogen and oxygen atoms in total. The van der Waals surface area contributed by atoms with Crippen LogP contribution in [0.5, 0.6) is 0 Å². The highest BCUT2D eigenvalue weighted by Gasteiger charge is 2.54. The van der Waals surface area contributed by atoms with E-state index in [9.17, 15) is 18.4 Å². The van der Waals surface area contributed by atoms with Gasteiger partial charge in [0.2, 0.25) is 11.8 Å². The lowest BCUT2D eigenvalue weighted by molar-refractivity contribution is -0.128. The number of nitrogens with one attached hydrogen (secondary N) is 1. The number of likely N-dealkylation sites (tertiary alicyclic amines) is 1. The first-order valence-corrected chi connectivity index (χ1v) is 11.2. The number of fused-ring (bicyclic) bond motifs is 2. The second kappa shape index (κ2) is 9.43. The molecule has 1 spiro atoms. The maximum Gasteiger partial charge on any atom is 0.246 e. The highest BCUT2D eigenvalue weighted by Crippen LogP contribution is 2.52. The predicted molar refractivity (Wildman–Crippen MR) is 121 cm³/mol. The number of carbonyl (C=O) groups excluding carboxylic acids is 2. The van der Waals surface area contributed by atoms with Gasteiger partial charge in [0.25, 0.3) is 0 Å². The van der Waals surface area contributed by atoms with E-state index in [4.69, 9.17) is 4.74 Å². The Morgan fingerprint density at radius 2 is 1.88 bits per heavy atom. The Balaban J connectivity index is 1.52. The summed E-state index contributed by atoms with van der Waals surface area (Å²) in [5.74, 6) is -2.19. The summed E-state index contributed by atoms with van der Waals surface area (Å²) in [5, 5.41) is 3.12. The Kier molecular flexibility index (Phi) is 6.61. The number of carbonyl (C=O) groups is 2. The second-order valence-corrected chi connectivity index (χ2v) is 8.60. The van der Waals surface area contributed by atoms with Crippen molar-refractivity contribution in [2.75, 3.05) is 20.2 Å². The van der Waals surface area contributed by atoms with E-state index in [0.29, 0.717) is 32.4 Å². The monoisotopic (exact) mass is 454 g/mol. The number of halogens is 2. The average Bonchev–Trinajstić information content (AvgIpc) is 3.08. The van der Waals surface area contributed by atoms with Crippen molar-refractivity contribution >= 4 is 17.9 Å². The van der Waals surface area contributed by atoms with Gasteiger partial charge in [0.1, 0.15) is 0 Å². The van der Waals surface area contributed by atoms with E-state index >= 15 is 0 Å². The Morgan fingerprint density at radius 3 is 2.58 bits per heavy atom. The Hall–Kier alpha value is -3.06. The summed E-state index contributed by atoms with van der Waals surface area (Å²) in [4.78, 5) is 26.7. The lowest BCUT2D eigenvalue weighted by Gasteiger charge is -2.43. The molecule has 0 unspecified atom stereocenters. The molecule has 4 rings (SSSR count).